The van der Waals surface area contributed by atoms with Crippen LogP contribution in [-0.4, -0.2) is 37.6 Å². The number of carbonyl (C=O) groups is 1. The third kappa shape index (κ3) is 4.72. The van der Waals surface area contributed by atoms with E-state index in [2.05, 4.69) is 30.0 Å². The minimum absolute atomic E-state index is 0.120. The van der Waals surface area contributed by atoms with Crippen LogP contribution < -0.4 is 10.5 Å². The van der Waals surface area contributed by atoms with Gasteiger partial charge in [-0.05, 0) is 48.6 Å². The van der Waals surface area contributed by atoms with Crippen LogP contribution in [0.1, 0.15) is 54.9 Å². The summed E-state index contributed by atoms with van der Waals surface area (Å²) >= 11 is 6.81. The first-order chi connectivity index (χ1) is 17.5. The summed E-state index contributed by atoms with van der Waals surface area (Å²) in [5.41, 5.74) is 4.39. The Morgan fingerprint density at radius 2 is 1.89 bits per heavy atom. The Bertz CT molecular complexity index is 1430. The van der Waals surface area contributed by atoms with E-state index in [1.165, 1.54) is 22.9 Å². The van der Waals surface area contributed by atoms with Gasteiger partial charge in [-0.3, -0.25) is 18.9 Å². The van der Waals surface area contributed by atoms with Crippen molar-refractivity contribution in [2.75, 3.05) is 18.0 Å². The number of benzene rings is 1. The minimum Gasteiger partial charge on any atom is -0.351 e. The van der Waals surface area contributed by atoms with Crippen molar-refractivity contribution in [2.24, 2.45) is 0 Å². The smallest absolute Gasteiger partial charge is 0.267 e. The molecule has 6 nitrogen and oxygen atoms in total. The van der Waals surface area contributed by atoms with Crippen molar-refractivity contribution in [2.45, 2.75) is 52.5 Å². The van der Waals surface area contributed by atoms with Crippen LogP contribution in [0.5, 0.6) is 0 Å². The molecule has 3 aromatic rings. The van der Waals surface area contributed by atoms with Gasteiger partial charge in [0, 0.05) is 25.8 Å². The molecule has 0 radical (unpaired) electrons. The lowest BCUT2D eigenvalue weighted by Crippen LogP contribution is -2.34. The van der Waals surface area contributed by atoms with E-state index in [0.29, 0.717) is 39.3 Å². The van der Waals surface area contributed by atoms with Crippen molar-refractivity contribution in [3.63, 3.8) is 0 Å². The first-order valence-corrected chi connectivity index (χ1v) is 13.8. The van der Waals surface area contributed by atoms with Gasteiger partial charge in [0.25, 0.3) is 11.5 Å². The number of hydrogen-bond donors (Lipinski definition) is 0. The van der Waals surface area contributed by atoms with Gasteiger partial charge in [-0.25, -0.2) is 4.98 Å². The number of nitrogens with zero attached hydrogens (tertiary/aromatic N) is 4. The molecule has 2 aromatic heterocycles. The second-order valence-electron chi connectivity index (χ2n) is 9.37. The maximum absolute atomic E-state index is 13.8. The van der Waals surface area contributed by atoms with E-state index in [0.717, 1.165) is 44.2 Å². The maximum atomic E-state index is 13.8. The molecule has 36 heavy (non-hydrogen) atoms. The zero-order valence-electron chi connectivity index (χ0n) is 20.7. The third-order valence-corrected chi connectivity index (χ3v) is 8.26. The molecule has 8 heteroatoms. The molecule has 1 saturated heterocycles. The van der Waals surface area contributed by atoms with E-state index < -0.39 is 0 Å². The normalized spacial score (nSPS) is 16.9. The quantitative estimate of drug-likeness (QED) is 0.239. The largest absolute Gasteiger partial charge is 0.351 e. The van der Waals surface area contributed by atoms with E-state index in [1.54, 1.807) is 21.6 Å². The van der Waals surface area contributed by atoms with Crippen LogP contribution >= 0.6 is 24.0 Å². The third-order valence-electron chi connectivity index (χ3n) is 6.88. The van der Waals surface area contributed by atoms with Crippen molar-refractivity contribution in [1.82, 2.24) is 14.3 Å². The second-order valence-corrected chi connectivity index (χ2v) is 11.0. The Balaban J connectivity index is 1.56. The summed E-state index contributed by atoms with van der Waals surface area (Å²) in [6.45, 7) is 6.17. The lowest BCUT2D eigenvalue weighted by molar-refractivity contribution is -0.122. The number of pyridine rings is 1. The second kappa shape index (κ2) is 10.6. The van der Waals surface area contributed by atoms with Crippen molar-refractivity contribution in [3.05, 3.63) is 80.1 Å². The molecule has 2 aliphatic rings. The summed E-state index contributed by atoms with van der Waals surface area (Å²) in [5, 5.41) is 0. The molecule has 2 aliphatic heterocycles. The number of carbonyl (C=O) groups excluding carboxylic acids is 1. The molecule has 4 heterocycles. The fourth-order valence-corrected chi connectivity index (χ4v) is 6.16. The first kappa shape index (κ1) is 24.7. The first-order valence-electron chi connectivity index (χ1n) is 12.6. The van der Waals surface area contributed by atoms with Gasteiger partial charge in [-0.2, -0.15) is 0 Å². The molecule has 0 unspecified atom stereocenters. The van der Waals surface area contributed by atoms with Crippen molar-refractivity contribution in [1.29, 1.82) is 0 Å². The summed E-state index contributed by atoms with van der Waals surface area (Å²) in [7, 11) is 0. The Labute approximate surface area is 221 Å². The molecule has 0 N–H and O–H groups in total. The summed E-state index contributed by atoms with van der Waals surface area (Å²) in [6, 6.07) is 12.2. The minimum atomic E-state index is -0.175. The molecule has 0 aliphatic carbocycles. The van der Waals surface area contributed by atoms with E-state index in [9.17, 15) is 9.59 Å². The SMILES string of the molecule is CCCCCCN1C(=O)/C(=C/c2c(N3CCc4ccccc4C3)nc3c(C)cccn3c2=O)SC1=S. The van der Waals surface area contributed by atoms with E-state index >= 15 is 0 Å². The number of fused-ring (bicyclic) bond motifs is 2. The summed E-state index contributed by atoms with van der Waals surface area (Å²) in [6.07, 6.45) is 8.61. The predicted molar refractivity (Wildman–Crippen MR) is 151 cm³/mol. The highest BCUT2D eigenvalue weighted by atomic mass is 32.2. The highest BCUT2D eigenvalue weighted by Gasteiger charge is 2.33. The molecule has 0 spiro atoms. The lowest BCUT2D eigenvalue weighted by Gasteiger charge is -2.31. The number of unbranched alkanes of at least 4 members (excludes halogenated alkanes) is 3. The average Bonchev–Trinajstić information content (AvgIpc) is 3.15. The molecule has 0 bridgehead atoms. The molecule has 186 valence electrons. The number of aromatic nitrogens is 2. The number of amides is 1. The molecular weight excluding hydrogens is 488 g/mol. The van der Waals surface area contributed by atoms with Crippen LogP contribution in [0.4, 0.5) is 5.82 Å². The highest BCUT2D eigenvalue weighted by Crippen LogP contribution is 2.34. The van der Waals surface area contributed by atoms with Crippen LogP contribution in [0.15, 0.2) is 52.3 Å². The number of rotatable bonds is 7. The van der Waals surface area contributed by atoms with Crippen LogP contribution in [0.2, 0.25) is 0 Å². The molecule has 1 aromatic carbocycles. The zero-order chi connectivity index (χ0) is 25.2. The highest BCUT2D eigenvalue weighted by molar-refractivity contribution is 8.26. The van der Waals surface area contributed by atoms with Crippen LogP contribution in [0.3, 0.4) is 0 Å². The number of hydrogen-bond acceptors (Lipinski definition) is 6. The lowest BCUT2D eigenvalue weighted by atomic mass is 9.99. The molecule has 1 fully saturated rings. The zero-order valence-corrected chi connectivity index (χ0v) is 22.3. The number of thiocarbonyl (C=S) groups is 1. The summed E-state index contributed by atoms with van der Waals surface area (Å²) in [4.78, 5) is 36.4. The number of anilines is 1. The van der Waals surface area contributed by atoms with Gasteiger partial charge in [-0.15, -0.1) is 0 Å². The Morgan fingerprint density at radius 3 is 2.69 bits per heavy atom. The van der Waals surface area contributed by atoms with Gasteiger partial charge in [-0.1, -0.05) is 80.5 Å². The monoisotopic (exact) mass is 518 g/mol. The Kier molecular flexibility index (Phi) is 7.25. The van der Waals surface area contributed by atoms with Crippen molar-refractivity contribution >= 4 is 51.7 Å². The van der Waals surface area contributed by atoms with Gasteiger partial charge in [0.2, 0.25) is 0 Å². The van der Waals surface area contributed by atoms with Crippen LogP contribution in [-0.2, 0) is 17.8 Å². The molecule has 5 rings (SSSR count). The van der Waals surface area contributed by atoms with Gasteiger partial charge in [0.05, 0.1) is 10.5 Å². The van der Waals surface area contributed by atoms with Crippen molar-refractivity contribution in [3.8, 4) is 0 Å². The standard InChI is InChI=1S/C28H30N4O2S2/c1-3-4-5-8-14-32-27(34)23(36-28(32)35)17-22-25(29-24-19(2)10-9-15-31(24)26(22)33)30-16-13-20-11-6-7-12-21(20)18-30/h6-7,9-12,15,17H,3-5,8,13-14,16,18H2,1-2H3/b23-17-. The van der Waals surface area contributed by atoms with Gasteiger partial charge >= 0.3 is 0 Å². The number of thioether (sulfide) groups is 1. The molecule has 0 saturated carbocycles. The van der Waals surface area contributed by atoms with Crippen molar-refractivity contribution < 1.29 is 4.79 Å². The molecule has 1 amide bonds. The van der Waals surface area contributed by atoms with E-state index in [4.69, 9.17) is 17.2 Å². The fraction of sp³-hybridized carbons (Fsp3) is 0.357. The van der Waals surface area contributed by atoms with Crippen LogP contribution in [0, 0.1) is 6.92 Å². The fourth-order valence-electron chi connectivity index (χ4n) is 4.86. The predicted octanol–water partition coefficient (Wildman–Crippen LogP) is 5.35. The summed E-state index contributed by atoms with van der Waals surface area (Å²) in [5.74, 6) is 0.502. The van der Waals surface area contributed by atoms with Gasteiger partial charge in [0.1, 0.15) is 15.8 Å². The van der Waals surface area contributed by atoms with Crippen LogP contribution in [0.25, 0.3) is 11.7 Å². The Hall–Kier alpha value is -2.97. The summed E-state index contributed by atoms with van der Waals surface area (Å²) < 4.78 is 2.13. The molecule has 0 atom stereocenters. The molecular formula is C28H30N4O2S2. The Morgan fingerprint density at radius 1 is 1.08 bits per heavy atom. The average molecular weight is 519 g/mol. The van der Waals surface area contributed by atoms with Gasteiger partial charge < -0.3 is 4.90 Å². The number of aryl methyl sites for hydroxylation is 1. The topological polar surface area (TPSA) is 57.9 Å². The maximum Gasteiger partial charge on any atom is 0.267 e. The van der Waals surface area contributed by atoms with E-state index in [-0.39, 0.29) is 11.5 Å². The van der Waals surface area contributed by atoms with E-state index in [1.807, 2.05) is 25.1 Å². The van der Waals surface area contributed by atoms with Gasteiger partial charge in [0.15, 0.2) is 0 Å².